The van der Waals surface area contributed by atoms with E-state index in [1.54, 1.807) is 43.4 Å². The van der Waals surface area contributed by atoms with Crippen molar-refractivity contribution in [3.63, 3.8) is 0 Å². The number of carbonyl (C=O) groups is 1. The maximum atomic E-state index is 12.3. The van der Waals surface area contributed by atoms with E-state index in [2.05, 4.69) is 25.6 Å². The van der Waals surface area contributed by atoms with Crippen molar-refractivity contribution in [1.82, 2.24) is 25.1 Å². The van der Waals surface area contributed by atoms with Crippen molar-refractivity contribution in [3.05, 3.63) is 60.4 Å². The van der Waals surface area contributed by atoms with Gasteiger partial charge in [0.25, 0.3) is 0 Å². The molecule has 3 rings (SSSR count). The summed E-state index contributed by atoms with van der Waals surface area (Å²) in [5.41, 5.74) is 2.16. The van der Waals surface area contributed by atoms with E-state index >= 15 is 0 Å². The third-order valence-electron chi connectivity index (χ3n) is 3.65. The number of carbonyl (C=O) groups excluding carboxylic acids is 1. The van der Waals surface area contributed by atoms with Crippen molar-refractivity contribution in [3.8, 4) is 11.4 Å². The van der Waals surface area contributed by atoms with E-state index in [-0.39, 0.29) is 11.8 Å². The summed E-state index contributed by atoms with van der Waals surface area (Å²) in [5.74, 6) is 0.0727. The average Bonchev–Trinajstić information content (AvgIpc) is 3.18. The van der Waals surface area contributed by atoms with Crippen molar-refractivity contribution < 1.29 is 18.3 Å². The Bertz CT molecular complexity index is 869. The van der Waals surface area contributed by atoms with Crippen molar-refractivity contribution in [2.24, 2.45) is 0 Å². The topological polar surface area (TPSA) is 85.2 Å². The summed E-state index contributed by atoms with van der Waals surface area (Å²) >= 11 is 0. The second-order valence-corrected chi connectivity index (χ2v) is 5.61. The number of nitrogens with one attached hydrogen (secondary N) is 1. The highest BCUT2D eigenvalue weighted by atomic mass is 19.3. The molecule has 0 unspecified atom stereocenters. The molecule has 2 amide bonds. The number of urea groups is 1. The van der Waals surface area contributed by atoms with Gasteiger partial charge in [0.1, 0.15) is 12.1 Å². The molecule has 0 saturated carbocycles. The van der Waals surface area contributed by atoms with Crippen molar-refractivity contribution in [1.29, 1.82) is 0 Å². The molecule has 0 aliphatic heterocycles. The van der Waals surface area contributed by atoms with Crippen LogP contribution in [0.1, 0.15) is 5.56 Å². The maximum Gasteiger partial charge on any atom is 0.387 e. The molecule has 0 radical (unpaired) electrons. The number of hydrogen-bond acceptors (Lipinski definition) is 5. The fourth-order valence-electron chi connectivity index (χ4n) is 2.32. The van der Waals surface area contributed by atoms with Crippen LogP contribution in [0.4, 0.5) is 19.3 Å². The zero-order valence-corrected chi connectivity index (χ0v) is 14.3. The summed E-state index contributed by atoms with van der Waals surface area (Å²) in [6, 6.07) is 12.8. The Labute approximate surface area is 153 Å². The number of ether oxygens (including phenoxy) is 1. The number of alkyl halides is 2. The van der Waals surface area contributed by atoms with Crippen molar-refractivity contribution in [2.45, 2.75) is 13.2 Å². The van der Waals surface area contributed by atoms with Gasteiger partial charge in [-0.1, -0.05) is 12.1 Å². The molecule has 3 aromatic rings. The predicted octanol–water partition coefficient (Wildman–Crippen LogP) is 2.93. The molecule has 140 valence electrons. The molecule has 0 aliphatic carbocycles. The molecule has 0 atom stereocenters. The quantitative estimate of drug-likeness (QED) is 0.717. The number of tetrazole rings is 1. The highest BCUT2D eigenvalue weighted by Crippen LogP contribution is 2.17. The summed E-state index contributed by atoms with van der Waals surface area (Å²) in [6.45, 7) is -2.56. The highest BCUT2D eigenvalue weighted by molar-refractivity contribution is 5.89. The number of rotatable bonds is 6. The van der Waals surface area contributed by atoms with Crippen molar-refractivity contribution >= 4 is 11.7 Å². The lowest BCUT2D eigenvalue weighted by Gasteiger charge is -2.18. The Morgan fingerprint density at radius 1 is 1.19 bits per heavy atom. The van der Waals surface area contributed by atoms with Gasteiger partial charge < -0.3 is 15.0 Å². The minimum Gasteiger partial charge on any atom is -0.435 e. The van der Waals surface area contributed by atoms with Crippen molar-refractivity contribution in [2.75, 3.05) is 12.4 Å². The Balaban J connectivity index is 1.55. The molecule has 2 aromatic carbocycles. The summed E-state index contributed by atoms with van der Waals surface area (Å²) in [5, 5.41) is 13.7. The summed E-state index contributed by atoms with van der Waals surface area (Å²) < 4.78 is 30.1. The largest absolute Gasteiger partial charge is 0.435 e. The Hall–Kier alpha value is -3.56. The van der Waals surface area contributed by atoms with Crippen LogP contribution in [0, 0.1) is 0 Å². The zero-order chi connectivity index (χ0) is 19.2. The van der Waals surface area contributed by atoms with Crippen LogP contribution >= 0.6 is 0 Å². The van der Waals surface area contributed by atoms with Gasteiger partial charge in [-0.25, -0.2) is 9.48 Å². The third-order valence-corrected chi connectivity index (χ3v) is 3.65. The molecule has 27 heavy (non-hydrogen) atoms. The number of anilines is 1. The Morgan fingerprint density at radius 3 is 2.48 bits per heavy atom. The molecule has 0 bridgehead atoms. The minimum absolute atomic E-state index is 0.0727. The highest BCUT2D eigenvalue weighted by Gasteiger charge is 2.10. The molecule has 10 heteroatoms. The van der Waals surface area contributed by atoms with Crippen LogP contribution in [0.15, 0.2) is 54.9 Å². The summed E-state index contributed by atoms with van der Waals surface area (Å²) in [6.07, 6.45) is 1.47. The lowest BCUT2D eigenvalue weighted by Crippen LogP contribution is -2.30. The first-order chi connectivity index (χ1) is 13.0. The standard InChI is InChI=1S/C17H16F2N6O2/c1-24(10-12-2-8-15(9-3-12)27-16(18)19)17(26)21-13-4-6-14(7-5-13)25-11-20-22-23-25/h2-9,11,16H,10H2,1H3,(H,21,26). The third kappa shape index (κ3) is 4.97. The lowest BCUT2D eigenvalue weighted by atomic mass is 10.2. The number of nitrogens with zero attached hydrogens (tertiary/aromatic N) is 5. The van der Waals surface area contributed by atoms with E-state index in [9.17, 15) is 13.6 Å². The number of amides is 2. The molecule has 0 spiro atoms. The molecule has 0 saturated heterocycles. The first-order valence-electron chi connectivity index (χ1n) is 7.90. The van der Waals surface area contributed by atoms with E-state index in [0.29, 0.717) is 12.2 Å². The number of halogens is 2. The molecule has 8 nitrogen and oxygen atoms in total. The summed E-state index contributed by atoms with van der Waals surface area (Å²) in [4.78, 5) is 13.8. The van der Waals surface area contributed by atoms with Gasteiger partial charge in [0.15, 0.2) is 0 Å². The Morgan fingerprint density at radius 2 is 1.89 bits per heavy atom. The monoisotopic (exact) mass is 374 g/mol. The second kappa shape index (κ2) is 8.21. The van der Waals surface area contributed by atoms with Gasteiger partial charge in [0.2, 0.25) is 0 Å². The average molecular weight is 374 g/mol. The van der Waals surface area contributed by atoms with Gasteiger partial charge in [-0.05, 0) is 52.4 Å². The van der Waals surface area contributed by atoms with Crippen LogP contribution in [0.5, 0.6) is 5.75 Å². The normalized spacial score (nSPS) is 10.7. The van der Waals surface area contributed by atoms with Gasteiger partial charge in [-0.15, -0.1) is 5.10 Å². The van der Waals surface area contributed by atoms with Crippen LogP contribution in [0.2, 0.25) is 0 Å². The van der Waals surface area contributed by atoms with Crippen LogP contribution in [-0.2, 0) is 6.54 Å². The second-order valence-electron chi connectivity index (χ2n) is 5.61. The van der Waals surface area contributed by atoms with Crippen LogP contribution in [0.3, 0.4) is 0 Å². The van der Waals surface area contributed by atoms with E-state index in [4.69, 9.17) is 0 Å². The molecular formula is C17H16F2N6O2. The first-order valence-corrected chi connectivity index (χ1v) is 7.90. The Kier molecular flexibility index (Phi) is 5.55. The molecule has 0 aliphatic rings. The summed E-state index contributed by atoms with van der Waals surface area (Å²) in [7, 11) is 1.63. The minimum atomic E-state index is -2.86. The molecule has 1 aromatic heterocycles. The smallest absolute Gasteiger partial charge is 0.387 e. The number of aromatic nitrogens is 4. The van der Waals surface area contributed by atoms with E-state index in [1.807, 2.05) is 0 Å². The van der Waals surface area contributed by atoms with Crippen LogP contribution < -0.4 is 10.1 Å². The fraction of sp³-hybridized carbons (Fsp3) is 0.176. The molecule has 1 N–H and O–H groups in total. The zero-order valence-electron chi connectivity index (χ0n) is 14.3. The van der Waals surface area contributed by atoms with Crippen LogP contribution in [-0.4, -0.2) is 44.8 Å². The van der Waals surface area contributed by atoms with Gasteiger partial charge in [-0.2, -0.15) is 8.78 Å². The van der Waals surface area contributed by atoms with E-state index in [1.165, 1.54) is 28.0 Å². The van der Waals surface area contributed by atoms with Gasteiger partial charge in [0, 0.05) is 19.3 Å². The predicted molar refractivity (Wildman–Crippen MR) is 92.7 cm³/mol. The fourth-order valence-corrected chi connectivity index (χ4v) is 2.32. The first kappa shape index (κ1) is 18.2. The molecular weight excluding hydrogens is 358 g/mol. The lowest BCUT2D eigenvalue weighted by molar-refractivity contribution is -0.0498. The number of hydrogen-bond donors (Lipinski definition) is 1. The van der Waals surface area contributed by atoms with Gasteiger partial charge in [-0.3, -0.25) is 0 Å². The van der Waals surface area contributed by atoms with Gasteiger partial charge >= 0.3 is 12.6 Å². The molecule has 0 fully saturated rings. The molecule has 1 heterocycles. The van der Waals surface area contributed by atoms with E-state index in [0.717, 1.165) is 11.3 Å². The maximum absolute atomic E-state index is 12.3. The van der Waals surface area contributed by atoms with E-state index < -0.39 is 6.61 Å². The van der Waals surface area contributed by atoms with Crippen LogP contribution in [0.25, 0.3) is 5.69 Å². The SMILES string of the molecule is CN(Cc1ccc(OC(F)F)cc1)C(=O)Nc1ccc(-n2cnnn2)cc1. The number of benzene rings is 2. The van der Waals surface area contributed by atoms with Gasteiger partial charge in [0.05, 0.1) is 5.69 Å².